The van der Waals surface area contributed by atoms with Crippen LogP contribution in [-0.2, 0) is 22.9 Å². The monoisotopic (exact) mass is 409 g/mol. The normalized spacial score (nSPS) is 11.3. The van der Waals surface area contributed by atoms with Crippen molar-refractivity contribution < 1.29 is 13.2 Å². The first kappa shape index (κ1) is 20.6. The van der Waals surface area contributed by atoms with Gasteiger partial charge in [0, 0.05) is 29.2 Å². The number of terminal acetylenes is 1. The number of aryl methyl sites for hydroxylation is 1. The third-order valence-electron chi connectivity index (χ3n) is 4.74. The van der Waals surface area contributed by atoms with Crippen LogP contribution >= 0.6 is 0 Å². The molecule has 0 saturated heterocycles. The third-order valence-corrected chi connectivity index (χ3v) is 6.16. The van der Waals surface area contributed by atoms with Crippen molar-refractivity contribution in [3.05, 3.63) is 65.4 Å². The number of aromatic amines is 1. The van der Waals surface area contributed by atoms with Crippen LogP contribution in [0.15, 0.2) is 53.6 Å². The van der Waals surface area contributed by atoms with E-state index < -0.39 is 10.0 Å². The standard InChI is InChI=1S/C22H23N3O3S/c1-3-13-25-29(27,28)19-10-8-17(9-11-19)22(26)23-14-12-18-15-24-21-16(4-2)6-5-7-20(18)21/h1,5-11,15,24-25H,4,12-14H2,2H3,(H,23,26). The molecular formula is C22H23N3O3S. The Balaban J connectivity index is 1.61. The maximum atomic E-state index is 12.4. The van der Waals surface area contributed by atoms with E-state index in [1.807, 2.05) is 12.3 Å². The minimum atomic E-state index is -3.67. The highest BCUT2D eigenvalue weighted by molar-refractivity contribution is 7.89. The molecule has 1 aromatic heterocycles. The number of amides is 1. The van der Waals surface area contributed by atoms with Crippen molar-refractivity contribution in [2.24, 2.45) is 0 Å². The lowest BCUT2D eigenvalue weighted by Crippen LogP contribution is -2.26. The van der Waals surface area contributed by atoms with E-state index in [9.17, 15) is 13.2 Å². The molecule has 1 amide bonds. The molecule has 7 heteroatoms. The van der Waals surface area contributed by atoms with E-state index >= 15 is 0 Å². The van der Waals surface area contributed by atoms with Gasteiger partial charge in [-0.2, -0.15) is 4.72 Å². The van der Waals surface area contributed by atoms with Gasteiger partial charge in [0.2, 0.25) is 10.0 Å². The average molecular weight is 410 g/mol. The molecule has 0 aliphatic carbocycles. The number of benzene rings is 2. The van der Waals surface area contributed by atoms with E-state index in [0.717, 1.165) is 17.5 Å². The quantitative estimate of drug-likeness (QED) is 0.500. The Morgan fingerprint density at radius 3 is 2.59 bits per heavy atom. The lowest BCUT2D eigenvalue weighted by atomic mass is 10.1. The van der Waals surface area contributed by atoms with Gasteiger partial charge in [-0.3, -0.25) is 4.79 Å². The number of aromatic nitrogens is 1. The molecule has 1 heterocycles. The van der Waals surface area contributed by atoms with Crippen LogP contribution in [0, 0.1) is 12.3 Å². The van der Waals surface area contributed by atoms with Crippen molar-refractivity contribution in [3.8, 4) is 12.3 Å². The molecule has 0 unspecified atom stereocenters. The van der Waals surface area contributed by atoms with Gasteiger partial charge in [-0.05, 0) is 48.2 Å². The molecule has 0 spiro atoms. The van der Waals surface area contributed by atoms with Crippen molar-refractivity contribution in [1.82, 2.24) is 15.0 Å². The summed E-state index contributed by atoms with van der Waals surface area (Å²) in [6.45, 7) is 2.52. The van der Waals surface area contributed by atoms with Gasteiger partial charge in [-0.25, -0.2) is 8.42 Å². The number of para-hydroxylation sites is 1. The van der Waals surface area contributed by atoms with Crippen molar-refractivity contribution in [2.45, 2.75) is 24.7 Å². The number of nitrogens with one attached hydrogen (secondary N) is 3. The fraction of sp³-hybridized carbons (Fsp3) is 0.227. The highest BCUT2D eigenvalue weighted by Crippen LogP contribution is 2.22. The first-order chi connectivity index (χ1) is 14.0. The van der Waals surface area contributed by atoms with E-state index in [1.165, 1.54) is 35.2 Å². The molecule has 0 bridgehead atoms. The summed E-state index contributed by atoms with van der Waals surface area (Å²) in [6.07, 6.45) is 8.71. The smallest absolute Gasteiger partial charge is 0.251 e. The highest BCUT2D eigenvalue weighted by Gasteiger charge is 2.14. The molecule has 0 aliphatic rings. The van der Waals surface area contributed by atoms with Crippen LogP contribution < -0.4 is 10.0 Å². The Kier molecular flexibility index (Phi) is 6.37. The second-order valence-electron chi connectivity index (χ2n) is 6.57. The summed E-state index contributed by atoms with van der Waals surface area (Å²) < 4.78 is 26.3. The Morgan fingerprint density at radius 2 is 1.90 bits per heavy atom. The molecule has 3 rings (SSSR count). The topological polar surface area (TPSA) is 91.1 Å². The van der Waals surface area contributed by atoms with Crippen molar-refractivity contribution >= 4 is 26.8 Å². The molecule has 2 aromatic carbocycles. The molecule has 0 atom stereocenters. The van der Waals surface area contributed by atoms with Crippen LogP contribution in [0.3, 0.4) is 0 Å². The summed E-state index contributed by atoms with van der Waals surface area (Å²) in [5.74, 6) is 1.97. The molecule has 0 fully saturated rings. The second kappa shape index (κ2) is 8.95. The number of H-pyrrole nitrogens is 1. The largest absolute Gasteiger partial charge is 0.361 e. The molecule has 0 aliphatic heterocycles. The molecule has 3 aromatic rings. The zero-order chi connectivity index (χ0) is 20.9. The van der Waals surface area contributed by atoms with Crippen molar-refractivity contribution in [3.63, 3.8) is 0 Å². The number of carbonyl (C=O) groups excluding carboxylic acids is 1. The Labute approximate surface area is 170 Å². The summed E-state index contributed by atoms with van der Waals surface area (Å²) in [5, 5.41) is 4.05. The minimum absolute atomic E-state index is 0.0646. The predicted octanol–water partition coefficient (Wildman–Crippen LogP) is 2.61. The zero-order valence-electron chi connectivity index (χ0n) is 16.2. The van der Waals surface area contributed by atoms with E-state index in [0.29, 0.717) is 18.5 Å². The number of fused-ring (bicyclic) bond motifs is 1. The molecule has 6 nitrogen and oxygen atoms in total. The molecule has 3 N–H and O–H groups in total. The first-order valence-electron chi connectivity index (χ1n) is 9.35. The fourth-order valence-corrected chi connectivity index (χ4v) is 4.13. The van der Waals surface area contributed by atoms with E-state index in [4.69, 9.17) is 6.42 Å². The second-order valence-corrected chi connectivity index (χ2v) is 8.33. The lowest BCUT2D eigenvalue weighted by Gasteiger charge is -2.07. The predicted molar refractivity (Wildman–Crippen MR) is 114 cm³/mol. The maximum absolute atomic E-state index is 12.4. The van der Waals surface area contributed by atoms with Crippen LogP contribution in [-0.4, -0.2) is 32.4 Å². The van der Waals surface area contributed by atoms with Crippen LogP contribution in [0.25, 0.3) is 10.9 Å². The molecular weight excluding hydrogens is 386 g/mol. The van der Waals surface area contributed by atoms with Gasteiger partial charge in [0.25, 0.3) is 5.91 Å². The summed E-state index contributed by atoms with van der Waals surface area (Å²) in [5.41, 5.74) is 3.96. The van der Waals surface area contributed by atoms with Gasteiger partial charge >= 0.3 is 0 Å². The van der Waals surface area contributed by atoms with Crippen LogP contribution in [0.4, 0.5) is 0 Å². The molecule has 0 radical (unpaired) electrons. The summed E-state index contributed by atoms with van der Waals surface area (Å²) in [4.78, 5) is 15.7. The van der Waals surface area contributed by atoms with Gasteiger partial charge in [-0.15, -0.1) is 6.42 Å². The first-order valence-corrected chi connectivity index (χ1v) is 10.8. The van der Waals surface area contributed by atoms with Crippen molar-refractivity contribution in [1.29, 1.82) is 0 Å². The Hall–Kier alpha value is -3.08. The van der Waals surface area contributed by atoms with Gasteiger partial charge in [0.15, 0.2) is 0 Å². The number of carbonyl (C=O) groups is 1. The van der Waals surface area contributed by atoms with Crippen LogP contribution in [0.1, 0.15) is 28.4 Å². The Bertz CT molecular complexity index is 1160. The molecule has 150 valence electrons. The summed E-state index contributed by atoms with van der Waals surface area (Å²) >= 11 is 0. The maximum Gasteiger partial charge on any atom is 0.251 e. The zero-order valence-corrected chi connectivity index (χ0v) is 17.0. The van der Waals surface area contributed by atoms with Crippen molar-refractivity contribution in [2.75, 3.05) is 13.1 Å². The number of rotatable bonds is 8. The van der Waals surface area contributed by atoms with Gasteiger partial charge < -0.3 is 10.3 Å². The number of sulfonamides is 1. The highest BCUT2D eigenvalue weighted by atomic mass is 32.2. The summed E-state index contributed by atoms with van der Waals surface area (Å²) in [7, 11) is -3.67. The summed E-state index contributed by atoms with van der Waals surface area (Å²) in [6, 6.07) is 12.0. The number of hydrogen-bond acceptors (Lipinski definition) is 3. The van der Waals surface area contributed by atoms with Gasteiger partial charge in [0.1, 0.15) is 0 Å². The van der Waals surface area contributed by atoms with E-state index in [-0.39, 0.29) is 17.3 Å². The molecule has 29 heavy (non-hydrogen) atoms. The minimum Gasteiger partial charge on any atom is -0.361 e. The van der Waals surface area contributed by atoms with E-state index in [2.05, 4.69) is 40.0 Å². The fourth-order valence-electron chi connectivity index (χ4n) is 3.19. The van der Waals surface area contributed by atoms with Gasteiger partial charge in [0.05, 0.1) is 11.4 Å². The average Bonchev–Trinajstić information content (AvgIpc) is 3.15. The molecule has 0 saturated carbocycles. The third kappa shape index (κ3) is 4.67. The van der Waals surface area contributed by atoms with Crippen LogP contribution in [0.2, 0.25) is 0 Å². The lowest BCUT2D eigenvalue weighted by molar-refractivity contribution is 0.0954. The SMILES string of the molecule is C#CCNS(=O)(=O)c1ccc(C(=O)NCCc2c[nH]c3c(CC)cccc23)cc1. The van der Waals surface area contributed by atoms with Gasteiger partial charge in [-0.1, -0.05) is 31.0 Å². The van der Waals surface area contributed by atoms with Crippen LogP contribution in [0.5, 0.6) is 0 Å². The number of hydrogen-bond donors (Lipinski definition) is 3. The Morgan fingerprint density at radius 1 is 1.14 bits per heavy atom. The van der Waals surface area contributed by atoms with E-state index in [1.54, 1.807) is 0 Å².